The second-order valence-electron chi connectivity index (χ2n) is 7.49. The van der Waals surface area contributed by atoms with Crippen molar-refractivity contribution in [1.29, 1.82) is 0 Å². The fraction of sp³-hybridized carbons (Fsp3) is 0.364. The van der Waals surface area contributed by atoms with E-state index in [1.54, 1.807) is 24.3 Å². The van der Waals surface area contributed by atoms with Gasteiger partial charge in [0, 0.05) is 18.0 Å². The lowest BCUT2D eigenvalue weighted by Gasteiger charge is -2.18. The van der Waals surface area contributed by atoms with Crippen molar-refractivity contribution in [3.63, 3.8) is 0 Å². The molecule has 2 aliphatic heterocycles. The number of furan rings is 1. The first-order valence-corrected chi connectivity index (χ1v) is 9.97. The Hall–Kier alpha value is -3.10. The van der Waals surface area contributed by atoms with Crippen LogP contribution >= 0.6 is 0 Å². The van der Waals surface area contributed by atoms with Crippen molar-refractivity contribution in [3.05, 3.63) is 60.6 Å². The summed E-state index contributed by atoms with van der Waals surface area (Å²) in [4.78, 5) is 14.7. The van der Waals surface area contributed by atoms with Crippen molar-refractivity contribution in [2.75, 3.05) is 33.4 Å². The number of ether oxygens (including phenoxy) is 3. The molecule has 1 amide bonds. The van der Waals surface area contributed by atoms with Gasteiger partial charge in [0.2, 0.25) is 0 Å². The molecule has 2 saturated heterocycles. The lowest BCUT2D eigenvalue weighted by atomic mass is 10.2. The van der Waals surface area contributed by atoms with Crippen LogP contribution in [0, 0.1) is 0 Å². The van der Waals surface area contributed by atoms with Gasteiger partial charge in [-0.15, -0.1) is 0 Å². The molecule has 156 valence electrons. The monoisotopic (exact) mass is 409 g/mol. The standard InChI is InChI=1S/C22H23N3O5/c1-27-17-5-3-15(4-6-17)18-7-8-19(30-18)22(26)24-11-20-21(12-24)29-14-16(13-28-20)25-10-2-9-23-25/h2-10,16,20-21H,11-14H2,1H3/t20-,21-/m0/s1. The Balaban J connectivity index is 1.23. The second kappa shape index (κ2) is 7.97. The minimum absolute atomic E-state index is 0.0480. The molecule has 2 aliphatic rings. The van der Waals surface area contributed by atoms with E-state index < -0.39 is 0 Å². The predicted octanol–water partition coefficient (Wildman–Crippen LogP) is 2.63. The molecule has 8 heteroatoms. The van der Waals surface area contributed by atoms with Crippen molar-refractivity contribution < 1.29 is 23.4 Å². The highest BCUT2D eigenvalue weighted by Crippen LogP contribution is 2.28. The third-order valence-corrected chi connectivity index (χ3v) is 5.60. The SMILES string of the molecule is COc1ccc(-c2ccc(C(=O)N3C[C@@H]4OCC(n5cccn5)CO[C@H]4C3)o2)cc1. The fourth-order valence-corrected chi connectivity index (χ4v) is 3.92. The molecule has 3 aromatic rings. The number of carbonyl (C=O) groups is 1. The number of nitrogens with zero attached hydrogens (tertiary/aromatic N) is 3. The summed E-state index contributed by atoms with van der Waals surface area (Å²) in [7, 11) is 1.62. The van der Waals surface area contributed by atoms with Crippen molar-refractivity contribution in [1.82, 2.24) is 14.7 Å². The number of rotatable bonds is 4. The van der Waals surface area contributed by atoms with E-state index in [1.807, 2.05) is 47.3 Å². The van der Waals surface area contributed by atoms with Crippen LogP contribution in [-0.4, -0.2) is 66.2 Å². The number of methoxy groups -OCH3 is 1. The topological polar surface area (TPSA) is 79.0 Å². The van der Waals surface area contributed by atoms with Crippen LogP contribution in [0.4, 0.5) is 0 Å². The van der Waals surface area contributed by atoms with Crippen LogP contribution in [0.25, 0.3) is 11.3 Å². The Morgan fingerprint density at radius 3 is 2.43 bits per heavy atom. The lowest BCUT2D eigenvalue weighted by molar-refractivity contribution is -0.00461. The average molecular weight is 409 g/mol. The number of benzene rings is 1. The number of amides is 1. The van der Waals surface area contributed by atoms with Crippen LogP contribution in [0.3, 0.4) is 0 Å². The highest BCUT2D eigenvalue weighted by atomic mass is 16.6. The van der Waals surface area contributed by atoms with Gasteiger partial charge in [0.05, 0.1) is 39.5 Å². The van der Waals surface area contributed by atoms with Gasteiger partial charge in [-0.2, -0.15) is 5.10 Å². The van der Waals surface area contributed by atoms with Gasteiger partial charge < -0.3 is 23.5 Å². The van der Waals surface area contributed by atoms with Crippen molar-refractivity contribution >= 4 is 5.91 Å². The van der Waals surface area contributed by atoms with E-state index in [0.717, 1.165) is 11.3 Å². The minimum atomic E-state index is -0.154. The molecule has 1 aromatic carbocycles. The Labute approximate surface area is 173 Å². The van der Waals surface area contributed by atoms with E-state index in [-0.39, 0.29) is 24.2 Å². The van der Waals surface area contributed by atoms with E-state index in [9.17, 15) is 4.79 Å². The van der Waals surface area contributed by atoms with E-state index in [0.29, 0.717) is 37.8 Å². The summed E-state index contributed by atoms with van der Waals surface area (Å²) < 4.78 is 25.0. The average Bonchev–Trinajstić information content (AvgIpc) is 3.53. The second-order valence-corrected chi connectivity index (χ2v) is 7.49. The van der Waals surface area contributed by atoms with E-state index >= 15 is 0 Å². The molecule has 0 spiro atoms. The van der Waals surface area contributed by atoms with Crippen LogP contribution in [0.2, 0.25) is 0 Å². The molecule has 0 radical (unpaired) electrons. The zero-order valence-electron chi connectivity index (χ0n) is 16.6. The first-order valence-electron chi connectivity index (χ1n) is 9.97. The molecular formula is C22H23N3O5. The van der Waals surface area contributed by atoms with E-state index in [4.69, 9.17) is 18.6 Å². The zero-order valence-corrected chi connectivity index (χ0v) is 16.6. The number of hydrogen-bond acceptors (Lipinski definition) is 6. The summed E-state index contributed by atoms with van der Waals surface area (Å²) in [6, 6.07) is 13.0. The molecule has 4 heterocycles. The summed E-state index contributed by atoms with van der Waals surface area (Å²) in [5.74, 6) is 1.57. The summed E-state index contributed by atoms with van der Waals surface area (Å²) in [6.07, 6.45) is 3.36. The predicted molar refractivity (Wildman–Crippen MR) is 107 cm³/mol. The molecule has 2 atom stereocenters. The maximum absolute atomic E-state index is 13.0. The van der Waals surface area contributed by atoms with Gasteiger partial charge in [-0.05, 0) is 42.5 Å². The van der Waals surface area contributed by atoms with Gasteiger partial charge in [-0.3, -0.25) is 9.48 Å². The van der Waals surface area contributed by atoms with Crippen molar-refractivity contribution in [2.45, 2.75) is 18.2 Å². The number of fused-ring (bicyclic) bond motifs is 1. The van der Waals surface area contributed by atoms with Crippen molar-refractivity contribution in [3.8, 4) is 17.1 Å². The highest BCUT2D eigenvalue weighted by Gasteiger charge is 2.40. The third-order valence-electron chi connectivity index (χ3n) is 5.60. The van der Waals surface area contributed by atoms with Gasteiger partial charge in [0.1, 0.15) is 23.7 Å². The molecule has 5 rings (SSSR count). The summed E-state index contributed by atoms with van der Waals surface area (Å²) >= 11 is 0. The molecule has 30 heavy (non-hydrogen) atoms. The molecular weight excluding hydrogens is 386 g/mol. The Morgan fingerprint density at radius 1 is 1.07 bits per heavy atom. The molecule has 8 nitrogen and oxygen atoms in total. The maximum Gasteiger partial charge on any atom is 0.289 e. The first-order chi connectivity index (χ1) is 14.7. The molecule has 0 saturated carbocycles. The summed E-state index contributed by atoms with van der Waals surface area (Å²) in [6.45, 7) is 1.97. The number of likely N-dealkylation sites (tertiary alicyclic amines) is 1. The molecule has 0 aliphatic carbocycles. The van der Waals surface area contributed by atoms with Crippen LogP contribution in [0.1, 0.15) is 16.6 Å². The van der Waals surface area contributed by atoms with Crippen LogP contribution in [-0.2, 0) is 9.47 Å². The molecule has 2 aromatic heterocycles. The van der Waals surface area contributed by atoms with Gasteiger partial charge >= 0.3 is 0 Å². The maximum atomic E-state index is 13.0. The molecule has 0 N–H and O–H groups in total. The van der Waals surface area contributed by atoms with Gasteiger partial charge in [-0.25, -0.2) is 0 Å². The Kier molecular flexibility index (Phi) is 5.02. The zero-order chi connectivity index (χ0) is 20.5. The third kappa shape index (κ3) is 3.59. The summed E-state index contributed by atoms with van der Waals surface area (Å²) in [5, 5.41) is 4.27. The van der Waals surface area contributed by atoms with E-state index in [1.165, 1.54) is 0 Å². The fourth-order valence-electron chi connectivity index (χ4n) is 3.92. The van der Waals surface area contributed by atoms with Gasteiger partial charge in [-0.1, -0.05) is 0 Å². The number of aromatic nitrogens is 2. The molecule has 2 fully saturated rings. The lowest BCUT2D eigenvalue weighted by Crippen LogP contribution is -2.31. The van der Waals surface area contributed by atoms with Crippen LogP contribution in [0.5, 0.6) is 5.75 Å². The van der Waals surface area contributed by atoms with E-state index in [2.05, 4.69) is 5.10 Å². The summed E-state index contributed by atoms with van der Waals surface area (Å²) in [5.41, 5.74) is 0.887. The van der Waals surface area contributed by atoms with Gasteiger partial charge in [0.15, 0.2) is 5.76 Å². The van der Waals surface area contributed by atoms with Crippen LogP contribution < -0.4 is 4.74 Å². The minimum Gasteiger partial charge on any atom is -0.497 e. The van der Waals surface area contributed by atoms with Crippen LogP contribution in [0.15, 0.2) is 59.3 Å². The smallest absolute Gasteiger partial charge is 0.289 e. The normalized spacial score (nSPS) is 22.0. The molecule has 0 unspecified atom stereocenters. The Morgan fingerprint density at radius 2 is 1.80 bits per heavy atom. The number of carbonyl (C=O) groups excluding carboxylic acids is 1. The first kappa shape index (κ1) is 18.9. The highest BCUT2D eigenvalue weighted by molar-refractivity contribution is 5.92. The largest absolute Gasteiger partial charge is 0.497 e. The van der Waals surface area contributed by atoms with Gasteiger partial charge in [0.25, 0.3) is 5.91 Å². The van der Waals surface area contributed by atoms with Crippen molar-refractivity contribution in [2.24, 2.45) is 0 Å². The Bertz CT molecular complexity index is 982. The quantitative estimate of drug-likeness (QED) is 0.659. The number of hydrogen-bond donors (Lipinski definition) is 0. The molecule has 0 bridgehead atoms.